The highest BCUT2D eigenvalue weighted by atomic mass is 32.1. The normalized spacial score (nSPS) is 14.6. The van der Waals surface area contributed by atoms with Crippen LogP contribution in [0.5, 0.6) is 0 Å². The second-order valence-electron chi connectivity index (χ2n) is 5.62. The highest BCUT2D eigenvalue weighted by molar-refractivity contribution is 7.20. The summed E-state index contributed by atoms with van der Waals surface area (Å²) < 4.78 is 1.23. The van der Waals surface area contributed by atoms with Crippen LogP contribution in [0.2, 0.25) is 0 Å². The van der Waals surface area contributed by atoms with E-state index in [1.54, 1.807) is 11.8 Å². The van der Waals surface area contributed by atoms with Crippen molar-refractivity contribution >= 4 is 33.0 Å². The van der Waals surface area contributed by atoms with Crippen LogP contribution in [0.25, 0.3) is 4.96 Å². The van der Waals surface area contributed by atoms with Crippen molar-refractivity contribution in [2.24, 2.45) is 0 Å². The number of para-hydroxylation sites is 1. The molecule has 0 fully saturated rings. The maximum atomic E-state index is 12.8. The maximum absolute atomic E-state index is 12.8. The molecule has 1 unspecified atom stereocenters. The Balaban J connectivity index is 1.55. The quantitative estimate of drug-likeness (QED) is 0.782. The van der Waals surface area contributed by atoms with Crippen LogP contribution in [0, 0.1) is 0 Å². The van der Waals surface area contributed by atoms with Crippen molar-refractivity contribution in [1.29, 1.82) is 0 Å². The fourth-order valence-electron chi connectivity index (χ4n) is 2.85. The first-order valence-electron chi connectivity index (χ1n) is 7.64. The van der Waals surface area contributed by atoms with Gasteiger partial charge in [0, 0.05) is 24.5 Å². The number of carbonyl (C=O) groups excluding carboxylic acids is 1. The zero-order valence-corrected chi connectivity index (χ0v) is 13.8. The number of nitrogens with zero attached hydrogens (tertiary/aromatic N) is 4. The molecule has 2 aromatic heterocycles. The molecule has 122 valence electrons. The lowest BCUT2D eigenvalue weighted by atomic mass is 10.2. The van der Waals surface area contributed by atoms with Gasteiger partial charge in [-0.1, -0.05) is 29.5 Å². The zero-order chi connectivity index (χ0) is 16.7. The molecule has 1 amide bonds. The lowest BCUT2D eigenvalue weighted by molar-refractivity contribution is -0.118. The van der Waals surface area contributed by atoms with Crippen molar-refractivity contribution in [2.45, 2.75) is 19.4 Å². The summed E-state index contributed by atoms with van der Waals surface area (Å²) in [7, 11) is 0. The molecule has 1 N–H and O–H groups in total. The third kappa shape index (κ3) is 2.44. The second kappa shape index (κ2) is 5.72. The van der Waals surface area contributed by atoms with E-state index in [1.165, 1.54) is 33.7 Å². The van der Waals surface area contributed by atoms with Crippen molar-refractivity contribution in [3.8, 4) is 0 Å². The van der Waals surface area contributed by atoms with E-state index < -0.39 is 6.04 Å². The van der Waals surface area contributed by atoms with E-state index in [4.69, 9.17) is 0 Å². The van der Waals surface area contributed by atoms with Crippen LogP contribution in [-0.4, -0.2) is 33.1 Å². The van der Waals surface area contributed by atoms with Gasteiger partial charge in [0.2, 0.25) is 16.0 Å². The summed E-state index contributed by atoms with van der Waals surface area (Å²) in [5.41, 5.74) is 1.92. The van der Waals surface area contributed by atoms with E-state index >= 15 is 0 Å². The Morgan fingerprint density at radius 3 is 3.00 bits per heavy atom. The predicted octanol–water partition coefficient (Wildman–Crippen LogP) is 1.54. The Kier molecular flexibility index (Phi) is 3.53. The van der Waals surface area contributed by atoms with Crippen molar-refractivity contribution in [2.75, 3.05) is 16.8 Å². The van der Waals surface area contributed by atoms with Crippen LogP contribution in [-0.2, 0) is 11.2 Å². The molecule has 1 aliphatic heterocycles. The van der Waals surface area contributed by atoms with Crippen LogP contribution in [0.15, 0.2) is 41.3 Å². The number of aromatic nitrogens is 3. The van der Waals surface area contributed by atoms with Crippen LogP contribution >= 0.6 is 11.3 Å². The van der Waals surface area contributed by atoms with Crippen molar-refractivity contribution in [3.63, 3.8) is 0 Å². The Labute approximate surface area is 141 Å². The SMILES string of the molecule is CC(Nc1nn2c(=O)ccnc2s1)C(=O)N1CCc2ccccc21. The number of anilines is 2. The lowest BCUT2D eigenvalue weighted by Crippen LogP contribution is -2.40. The highest BCUT2D eigenvalue weighted by Crippen LogP contribution is 2.28. The fourth-order valence-corrected chi connectivity index (χ4v) is 3.71. The first kappa shape index (κ1) is 14.8. The molecule has 3 aromatic rings. The lowest BCUT2D eigenvalue weighted by Gasteiger charge is -2.22. The molecule has 24 heavy (non-hydrogen) atoms. The van der Waals surface area contributed by atoms with Crippen molar-refractivity contribution in [3.05, 3.63) is 52.4 Å². The molecule has 1 atom stereocenters. The van der Waals surface area contributed by atoms with E-state index in [-0.39, 0.29) is 11.5 Å². The van der Waals surface area contributed by atoms with Gasteiger partial charge in [-0.05, 0) is 25.0 Å². The zero-order valence-electron chi connectivity index (χ0n) is 13.0. The Hall–Kier alpha value is -2.74. The van der Waals surface area contributed by atoms with Crippen molar-refractivity contribution < 1.29 is 4.79 Å². The van der Waals surface area contributed by atoms with Crippen LogP contribution in [0.1, 0.15) is 12.5 Å². The van der Waals surface area contributed by atoms with Gasteiger partial charge in [0.25, 0.3) is 5.56 Å². The number of amides is 1. The minimum atomic E-state index is -0.451. The van der Waals surface area contributed by atoms with Gasteiger partial charge >= 0.3 is 0 Å². The first-order valence-corrected chi connectivity index (χ1v) is 8.46. The van der Waals surface area contributed by atoms with Gasteiger partial charge in [-0.3, -0.25) is 9.59 Å². The largest absolute Gasteiger partial charge is 0.349 e. The van der Waals surface area contributed by atoms with Crippen molar-refractivity contribution in [1.82, 2.24) is 14.6 Å². The second-order valence-corrected chi connectivity index (χ2v) is 6.58. The number of nitrogens with one attached hydrogen (secondary N) is 1. The highest BCUT2D eigenvalue weighted by Gasteiger charge is 2.28. The van der Waals surface area contributed by atoms with Crippen LogP contribution in [0.4, 0.5) is 10.8 Å². The standard InChI is InChI=1S/C16H15N5O2S/c1-10(14(23)20-9-7-11-4-2-3-5-12(11)20)18-15-19-21-13(22)6-8-17-16(21)24-15/h2-6,8,10H,7,9H2,1H3,(H,18,19). The molecule has 0 radical (unpaired) electrons. The summed E-state index contributed by atoms with van der Waals surface area (Å²) >= 11 is 1.24. The van der Waals surface area contributed by atoms with Crippen LogP contribution in [0.3, 0.4) is 0 Å². The third-order valence-corrected chi connectivity index (χ3v) is 4.89. The molecule has 0 saturated heterocycles. The summed E-state index contributed by atoms with van der Waals surface area (Å²) in [5, 5.41) is 7.77. The Bertz CT molecular complexity index is 980. The molecular formula is C16H15N5O2S. The molecule has 3 heterocycles. The molecule has 0 bridgehead atoms. The molecule has 0 saturated carbocycles. The minimum absolute atomic E-state index is 0.0143. The van der Waals surface area contributed by atoms with E-state index in [9.17, 15) is 9.59 Å². The molecule has 1 aliphatic rings. The summed E-state index contributed by atoms with van der Waals surface area (Å²) in [4.78, 5) is 30.9. The average Bonchev–Trinajstić information content (AvgIpc) is 3.18. The van der Waals surface area contributed by atoms with E-state index in [1.807, 2.05) is 24.3 Å². The number of hydrogen-bond donors (Lipinski definition) is 1. The smallest absolute Gasteiger partial charge is 0.275 e. The van der Waals surface area contributed by atoms with Crippen LogP contribution < -0.4 is 15.8 Å². The maximum Gasteiger partial charge on any atom is 0.275 e. The van der Waals surface area contributed by atoms with Gasteiger partial charge in [0.1, 0.15) is 6.04 Å². The van der Waals surface area contributed by atoms with E-state index in [0.29, 0.717) is 16.6 Å². The predicted molar refractivity (Wildman–Crippen MR) is 92.7 cm³/mol. The molecule has 4 rings (SSSR count). The number of hydrogen-bond acceptors (Lipinski definition) is 6. The monoisotopic (exact) mass is 341 g/mol. The molecule has 7 nitrogen and oxygen atoms in total. The van der Waals surface area contributed by atoms with Gasteiger partial charge in [-0.15, -0.1) is 5.10 Å². The molecular weight excluding hydrogens is 326 g/mol. The van der Waals surface area contributed by atoms with Gasteiger partial charge in [0.15, 0.2) is 0 Å². The van der Waals surface area contributed by atoms with Gasteiger partial charge in [0.05, 0.1) is 0 Å². The molecule has 8 heteroatoms. The summed E-state index contributed by atoms with van der Waals surface area (Å²) in [6.07, 6.45) is 2.32. The summed E-state index contributed by atoms with van der Waals surface area (Å²) in [6, 6.07) is 8.84. The number of rotatable bonds is 3. The van der Waals surface area contributed by atoms with Gasteiger partial charge in [-0.25, -0.2) is 4.98 Å². The summed E-state index contributed by atoms with van der Waals surface area (Å²) in [6.45, 7) is 2.48. The minimum Gasteiger partial charge on any atom is -0.349 e. The number of carbonyl (C=O) groups is 1. The molecule has 0 spiro atoms. The average molecular weight is 341 g/mol. The number of benzene rings is 1. The van der Waals surface area contributed by atoms with E-state index in [2.05, 4.69) is 15.4 Å². The fraction of sp³-hybridized carbons (Fsp3) is 0.250. The number of fused-ring (bicyclic) bond motifs is 2. The molecule has 0 aliphatic carbocycles. The Morgan fingerprint density at radius 2 is 2.17 bits per heavy atom. The topological polar surface area (TPSA) is 79.6 Å². The third-order valence-electron chi connectivity index (χ3n) is 4.03. The Morgan fingerprint density at radius 1 is 1.33 bits per heavy atom. The van der Waals surface area contributed by atoms with Gasteiger partial charge in [-0.2, -0.15) is 4.52 Å². The van der Waals surface area contributed by atoms with Gasteiger partial charge < -0.3 is 10.2 Å². The van der Waals surface area contributed by atoms with E-state index in [0.717, 1.165) is 12.1 Å². The first-order chi connectivity index (χ1) is 11.6. The molecule has 1 aromatic carbocycles. The summed E-state index contributed by atoms with van der Waals surface area (Å²) in [5.74, 6) is -0.0143.